The van der Waals surface area contributed by atoms with Gasteiger partial charge in [0.1, 0.15) is 0 Å². The van der Waals surface area contributed by atoms with Gasteiger partial charge in [-0.05, 0) is 36.0 Å². The average Bonchev–Trinajstić information content (AvgIpc) is 3.22. The monoisotopic (exact) mass is 325 g/mol. The van der Waals surface area contributed by atoms with Gasteiger partial charge in [0.2, 0.25) is 6.79 Å². The van der Waals surface area contributed by atoms with Gasteiger partial charge in [-0.15, -0.1) is 6.58 Å². The molecular weight excluding hydrogens is 298 g/mol. The predicted octanol–water partition coefficient (Wildman–Crippen LogP) is 4.23. The summed E-state index contributed by atoms with van der Waals surface area (Å²) in [6.45, 7) is 12.7. The Balaban J connectivity index is 1.81. The lowest BCUT2D eigenvalue weighted by molar-refractivity contribution is 0.148. The summed E-state index contributed by atoms with van der Waals surface area (Å²) in [5.41, 5.74) is 1.30. The Bertz CT molecular complexity index is 659. The highest BCUT2D eigenvalue weighted by molar-refractivity contribution is 5.44. The molecule has 1 saturated carbocycles. The zero-order valence-corrected chi connectivity index (χ0v) is 15.0. The maximum Gasteiger partial charge on any atom is 0.231 e. The Hall–Kier alpha value is -1.92. The van der Waals surface area contributed by atoms with Gasteiger partial charge in [-0.2, -0.15) is 0 Å². The molecule has 1 atom stereocenters. The Labute approximate surface area is 145 Å². The molecule has 1 fully saturated rings. The van der Waals surface area contributed by atoms with E-state index in [1.54, 1.807) is 0 Å². The number of rotatable bonds is 5. The van der Waals surface area contributed by atoms with Crippen LogP contribution in [0.25, 0.3) is 0 Å². The highest BCUT2D eigenvalue weighted by Gasteiger charge is 2.29. The Morgan fingerprint density at radius 1 is 1.29 bits per heavy atom. The van der Waals surface area contributed by atoms with E-state index >= 15 is 0 Å². The Morgan fingerprint density at radius 2 is 2.04 bits per heavy atom. The molecule has 1 aromatic carbocycles. The van der Waals surface area contributed by atoms with Crippen LogP contribution in [0.15, 0.2) is 30.9 Å². The second-order valence-corrected chi connectivity index (χ2v) is 7.74. The largest absolute Gasteiger partial charge is 0.454 e. The summed E-state index contributed by atoms with van der Waals surface area (Å²) in [4.78, 5) is 2.40. The van der Waals surface area contributed by atoms with E-state index in [4.69, 9.17) is 9.47 Å². The van der Waals surface area contributed by atoms with E-state index in [0.717, 1.165) is 24.6 Å². The number of ether oxygens (including phenoxy) is 2. The second kappa shape index (κ2) is 6.91. The summed E-state index contributed by atoms with van der Waals surface area (Å²) < 4.78 is 10.9. The summed E-state index contributed by atoms with van der Waals surface area (Å²) in [6.07, 6.45) is 4.48. The molecule has 0 spiro atoms. The summed E-state index contributed by atoms with van der Waals surface area (Å²) in [6, 6.07) is 6.37. The quantitative estimate of drug-likeness (QED) is 0.597. The lowest BCUT2D eigenvalue weighted by atomic mass is 9.85. The average molecular weight is 325 g/mol. The van der Waals surface area contributed by atoms with Gasteiger partial charge in [0.25, 0.3) is 0 Å². The highest BCUT2D eigenvalue weighted by Crippen LogP contribution is 2.34. The zero-order valence-electron chi connectivity index (χ0n) is 15.0. The van der Waals surface area contributed by atoms with E-state index in [1.165, 1.54) is 18.4 Å². The summed E-state index contributed by atoms with van der Waals surface area (Å²) >= 11 is 0. The van der Waals surface area contributed by atoms with Gasteiger partial charge in [0.15, 0.2) is 11.5 Å². The molecule has 24 heavy (non-hydrogen) atoms. The molecule has 0 radical (unpaired) electrons. The second-order valence-electron chi connectivity index (χ2n) is 7.74. The maximum absolute atomic E-state index is 5.51. The molecule has 3 heteroatoms. The van der Waals surface area contributed by atoms with Gasteiger partial charge in [-0.3, -0.25) is 4.90 Å². The van der Waals surface area contributed by atoms with Crippen molar-refractivity contribution in [1.29, 1.82) is 0 Å². The lowest BCUT2D eigenvalue weighted by Crippen LogP contribution is -2.42. The van der Waals surface area contributed by atoms with Crippen LogP contribution in [0.2, 0.25) is 0 Å². The van der Waals surface area contributed by atoms with Crippen molar-refractivity contribution in [2.24, 2.45) is 11.3 Å². The van der Waals surface area contributed by atoms with Gasteiger partial charge < -0.3 is 9.47 Å². The highest BCUT2D eigenvalue weighted by atomic mass is 16.7. The first-order valence-corrected chi connectivity index (χ1v) is 8.72. The number of benzene rings is 1. The van der Waals surface area contributed by atoms with Crippen LogP contribution in [-0.2, 0) is 6.54 Å². The SMILES string of the molecule is C=CCN(Cc1ccc2c(c1)OCO2)C(C#CC1CC1)C(C)(C)C. The molecule has 1 aromatic rings. The molecule has 0 bridgehead atoms. The number of hydrogen-bond donors (Lipinski definition) is 0. The van der Waals surface area contributed by atoms with Crippen molar-refractivity contribution < 1.29 is 9.47 Å². The number of nitrogens with zero attached hydrogens (tertiary/aromatic N) is 1. The molecule has 128 valence electrons. The number of hydrogen-bond acceptors (Lipinski definition) is 3. The molecular formula is C21H27NO2. The van der Waals surface area contributed by atoms with Crippen LogP contribution in [0, 0.1) is 23.2 Å². The van der Waals surface area contributed by atoms with Crippen LogP contribution >= 0.6 is 0 Å². The molecule has 0 amide bonds. The van der Waals surface area contributed by atoms with Gasteiger partial charge in [-0.1, -0.05) is 44.8 Å². The first-order chi connectivity index (χ1) is 11.5. The first-order valence-electron chi connectivity index (χ1n) is 8.72. The third kappa shape index (κ3) is 4.13. The van der Waals surface area contributed by atoms with Crippen molar-refractivity contribution in [1.82, 2.24) is 4.90 Å². The van der Waals surface area contributed by atoms with E-state index in [0.29, 0.717) is 12.7 Å². The normalized spacial score (nSPS) is 17.3. The molecule has 3 rings (SSSR count). The van der Waals surface area contributed by atoms with E-state index in [2.05, 4.69) is 56.2 Å². The molecule has 3 nitrogen and oxygen atoms in total. The molecule has 0 N–H and O–H groups in total. The fraction of sp³-hybridized carbons (Fsp3) is 0.524. The van der Waals surface area contributed by atoms with Crippen molar-refractivity contribution in [3.8, 4) is 23.3 Å². The van der Waals surface area contributed by atoms with Crippen LogP contribution in [0.4, 0.5) is 0 Å². The summed E-state index contributed by atoms with van der Waals surface area (Å²) in [7, 11) is 0. The molecule has 0 saturated heterocycles. The molecule has 1 unspecified atom stereocenters. The lowest BCUT2D eigenvalue weighted by Gasteiger charge is -2.36. The van der Waals surface area contributed by atoms with Crippen LogP contribution in [0.5, 0.6) is 11.5 Å². The molecule has 1 heterocycles. The van der Waals surface area contributed by atoms with Crippen molar-refractivity contribution in [2.45, 2.75) is 46.2 Å². The minimum absolute atomic E-state index is 0.0846. The third-order valence-electron chi connectivity index (χ3n) is 4.37. The van der Waals surface area contributed by atoms with Crippen molar-refractivity contribution in [3.63, 3.8) is 0 Å². The molecule has 2 aliphatic rings. The van der Waals surface area contributed by atoms with Crippen LogP contribution in [0.1, 0.15) is 39.2 Å². The topological polar surface area (TPSA) is 21.7 Å². The van der Waals surface area contributed by atoms with Gasteiger partial charge in [-0.25, -0.2) is 0 Å². The summed E-state index contributed by atoms with van der Waals surface area (Å²) in [5.74, 6) is 9.29. The first kappa shape index (κ1) is 16.9. The minimum atomic E-state index is 0.0846. The maximum atomic E-state index is 5.51. The number of fused-ring (bicyclic) bond motifs is 1. The van der Waals surface area contributed by atoms with Crippen molar-refractivity contribution >= 4 is 0 Å². The van der Waals surface area contributed by atoms with E-state index < -0.39 is 0 Å². The smallest absolute Gasteiger partial charge is 0.231 e. The standard InChI is InChI=1S/C21H27NO2/c1-5-12-22(20(21(2,3)4)11-9-16-6-7-16)14-17-8-10-18-19(13-17)24-15-23-18/h5,8,10,13,16,20H,1,6-7,12,14-15H2,2-4H3. The van der Waals surface area contributed by atoms with Crippen LogP contribution in [-0.4, -0.2) is 24.3 Å². The van der Waals surface area contributed by atoms with Crippen LogP contribution < -0.4 is 9.47 Å². The zero-order chi connectivity index (χ0) is 17.2. The van der Waals surface area contributed by atoms with Crippen molar-refractivity contribution in [2.75, 3.05) is 13.3 Å². The Morgan fingerprint density at radius 3 is 2.71 bits per heavy atom. The minimum Gasteiger partial charge on any atom is -0.454 e. The Kier molecular flexibility index (Phi) is 4.87. The molecule has 1 aliphatic heterocycles. The van der Waals surface area contributed by atoms with Gasteiger partial charge in [0, 0.05) is 19.0 Å². The predicted molar refractivity (Wildman–Crippen MR) is 96.9 cm³/mol. The van der Waals surface area contributed by atoms with E-state index in [1.807, 2.05) is 12.1 Å². The van der Waals surface area contributed by atoms with Crippen molar-refractivity contribution in [3.05, 3.63) is 36.4 Å². The fourth-order valence-electron chi connectivity index (χ4n) is 2.98. The fourth-order valence-corrected chi connectivity index (χ4v) is 2.98. The third-order valence-corrected chi connectivity index (χ3v) is 4.37. The molecule has 0 aromatic heterocycles. The van der Waals surface area contributed by atoms with E-state index in [-0.39, 0.29) is 11.5 Å². The van der Waals surface area contributed by atoms with E-state index in [9.17, 15) is 0 Å². The summed E-state index contributed by atoms with van der Waals surface area (Å²) in [5, 5.41) is 0. The van der Waals surface area contributed by atoms with Gasteiger partial charge >= 0.3 is 0 Å². The van der Waals surface area contributed by atoms with Crippen LogP contribution in [0.3, 0.4) is 0 Å². The van der Waals surface area contributed by atoms with Gasteiger partial charge in [0.05, 0.1) is 6.04 Å². The molecule has 1 aliphatic carbocycles.